The number of hydrogen-bond donors (Lipinski definition) is 1. The first kappa shape index (κ1) is 29.0. The Morgan fingerprint density at radius 3 is 2.23 bits per heavy atom. The Balaban J connectivity index is 1.51. The fourth-order valence-electron chi connectivity index (χ4n) is 4.02. The lowest BCUT2D eigenvalue weighted by molar-refractivity contribution is 0.0240. The Kier molecular flexibility index (Phi) is 8.43. The van der Waals surface area contributed by atoms with Crippen LogP contribution >= 0.6 is 11.3 Å². The number of carbonyl (C=O) groups is 3. The lowest BCUT2D eigenvalue weighted by atomic mass is 10.1. The number of hydrogen-bond acceptors (Lipinski definition) is 8. The average Bonchev–Trinajstić information content (AvgIpc) is 3.58. The van der Waals surface area contributed by atoms with Crippen LogP contribution in [0.3, 0.4) is 0 Å². The van der Waals surface area contributed by atoms with Crippen LogP contribution in [0.25, 0.3) is 11.3 Å². The Morgan fingerprint density at radius 2 is 1.60 bits per heavy atom. The fourth-order valence-corrected chi connectivity index (χ4v) is 5.01. The van der Waals surface area contributed by atoms with Gasteiger partial charge in [0.05, 0.1) is 21.8 Å². The summed E-state index contributed by atoms with van der Waals surface area (Å²) in [5.41, 5.74) is 2.52. The molecule has 0 radical (unpaired) electrons. The minimum absolute atomic E-state index is 0.324. The van der Waals surface area contributed by atoms with E-state index in [1.807, 2.05) is 39.0 Å². The van der Waals surface area contributed by atoms with Gasteiger partial charge in [0.25, 0.3) is 5.91 Å². The monoisotopic (exact) mass is 568 g/mol. The molecule has 1 aliphatic heterocycles. The van der Waals surface area contributed by atoms with Gasteiger partial charge in [0.2, 0.25) is 0 Å². The Hall–Kier alpha value is -3.99. The third-order valence-corrected chi connectivity index (χ3v) is 6.89. The van der Waals surface area contributed by atoms with Crippen molar-refractivity contribution in [1.82, 2.24) is 10.3 Å². The molecule has 1 aliphatic rings. The highest BCUT2D eigenvalue weighted by molar-refractivity contribution is 7.18. The van der Waals surface area contributed by atoms with Crippen molar-refractivity contribution in [3.05, 3.63) is 59.7 Å². The number of hydrazine groups is 1. The van der Waals surface area contributed by atoms with E-state index in [1.54, 1.807) is 62.3 Å². The van der Waals surface area contributed by atoms with Crippen molar-refractivity contribution in [1.29, 1.82) is 0 Å². The topological polar surface area (TPSA) is 105 Å². The van der Waals surface area contributed by atoms with Crippen molar-refractivity contribution in [2.75, 3.05) is 36.1 Å². The first-order valence-electron chi connectivity index (χ1n) is 13.1. The van der Waals surface area contributed by atoms with Gasteiger partial charge in [0, 0.05) is 31.7 Å². The molecule has 3 aromatic rings. The number of piperazine rings is 1. The summed E-state index contributed by atoms with van der Waals surface area (Å²) < 4.78 is 16.4. The van der Waals surface area contributed by atoms with Crippen molar-refractivity contribution < 1.29 is 28.3 Å². The number of nitrogens with one attached hydrogen (secondary N) is 1. The molecule has 2 aromatic heterocycles. The first-order chi connectivity index (χ1) is 18.8. The summed E-state index contributed by atoms with van der Waals surface area (Å²) in [6, 6.07) is 14.4. The average molecular weight is 569 g/mol. The molecule has 0 atom stereocenters. The normalized spacial score (nSPS) is 14.1. The lowest BCUT2D eigenvalue weighted by Gasteiger charge is -2.36. The third-order valence-electron chi connectivity index (χ3n) is 5.76. The highest BCUT2D eigenvalue weighted by Crippen LogP contribution is 2.31. The molecule has 10 nitrogen and oxygen atoms in total. The van der Waals surface area contributed by atoms with Crippen molar-refractivity contribution in [2.24, 2.45) is 0 Å². The van der Waals surface area contributed by atoms with Crippen molar-refractivity contribution in [3.63, 3.8) is 0 Å². The molecule has 214 valence electrons. The highest BCUT2D eigenvalue weighted by Gasteiger charge is 2.29. The van der Waals surface area contributed by atoms with Crippen LogP contribution in [-0.4, -0.2) is 60.4 Å². The molecule has 4 rings (SSSR count). The molecule has 11 heteroatoms. The van der Waals surface area contributed by atoms with Gasteiger partial charge >= 0.3 is 12.2 Å². The van der Waals surface area contributed by atoms with E-state index < -0.39 is 23.2 Å². The highest BCUT2D eigenvalue weighted by atomic mass is 32.1. The van der Waals surface area contributed by atoms with Crippen LogP contribution < -0.4 is 15.3 Å². The maximum absolute atomic E-state index is 13.8. The molecule has 1 fully saturated rings. The molecular weight excluding hydrogens is 532 g/mol. The van der Waals surface area contributed by atoms with Gasteiger partial charge in [-0.3, -0.25) is 4.79 Å². The summed E-state index contributed by atoms with van der Waals surface area (Å²) in [5, 5.41) is 2.09. The number of thiophene rings is 1. The molecule has 1 saturated heterocycles. The van der Waals surface area contributed by atoms with Gasteiger partial charge < -0.3 is 23.7 Å². The number of nitrogens with zero attached hydrogens (tertiary/aromatic N) is 3. The quantitative estimate of drug-likeness (QED) is 0.376. The molecule has 3 heterocycles. The number of carbonyl (C=O) groups excluding carboxylic acids is 3. The van der Waals surface area contributed by atoms with Gasteiger partial charge in [0.15, 0.2) is 0 Å². The second kappa shape index (κ2) is 11.6. The summed E-state index contributed by atoms with van der Waals surface area (Å²) >= 11 is 1.32. The van der Waals surface area contributed by atoms with Gasteiger partial charge in [-0.15, -0.1) is 11.3 Å². The molecule has 1 aromatic carbocycles. The first-order valence-corrected chi connectivity index (χ1v) is 13.9. The standard InChI is InChI=1S/C29H36N4O6S/c1-28(2,3)38-26(35)30-33(21-10-7-9-20(19-21)22-11-8-18-37-22)25(34)23-12-13-24(40-23)31-14-16-32(17-15-31)27(36)39-29(4,5)6/h7-13,18-19H,14-17H2,1-6H3,(H,30,35). The summed E-state index contributed by atoms with van der Waals surface area (Å²) in [6.07, 6.45) is 0.499. The number of benzene rings is 1. The van der Waals surface area contributed by atoms with Crippen LogP contribution in [0.2, 0.25) is 0 Å². The second-order valence-electron chi connectivity index (χ2n) is 11.4. The van der Waals surface area contributed by atoms with E-state index in [9.17, 15) is 14.4 Å². The molecule has 0 bridgehead atoms. The van der Waals surface area contributed by atoms with E-state index in [1.165, 1.54) is 16.3 Å². The molecule has 3 amide bonds. The summed E-state index contributed by atoms with van der Waals surface area (Å²) in [5.74, 6) is 0.224. The molecule has 0 spiro atoms. The zero-order valence-electron chi connectivity index (χ0n) is 23.7. The number of furan rings is 1. The number of amides is 3. The van der Waals surface area contributed by atoms with Crippen LogP contribution in [0, 0.1) is 0 Å². The SMILES string of the molecule is CC(C)(C)OC(=O)NN(C(=O)c1ccc(N2CCN(C(=O)OC(C)(C)C)CC2)s1)c1cccc(-c2ccco2)c1. The fraction of sp³-hybridized carbons (Fsp3) is 0.414. The Labute approximate surface area is 238 Å². The largest absolute Gasteiger partial charge is 0.464 e. The molecule has 0 saturated carbocycles. The van der Waals surface area contributed by atoms with E-state index in [0.29, 0.717) is 42.5 Å². The molecule has 1 N–H and O–H groups in total. The van der Waals surface area contributed by atoms with Crippen LogP contribution in [0.5, 0.6) is 0 Å². The lowest BCUT2D eigenvalue weighted by Crippen LogP contribution is -2.50. The zero-order valence-corrected chi connectivity index (χ0v) is 24.5. The van der Waals surface area contributed by atoms with Gasteiger partial charge in [0.1, 0.15) is 17.0 Å². The minimum Gasteiger partial charge on any atom is -0.464 e. The van der Waals surface area contributed by atoms with Crippen LogP contribution in [-0.2, 0) is 9.47 Å². The predicted molar refractivity (Wildman–Crippen MR) is 155 cm³/mol. The van der Waals surface area contributed by atoms with Crippen molar-refractivity contribution in [2.45, 2.75) is 52.7 Å². The molecule has 0 aliphatic carbocycles. The van der Waals surface area contributed by atoms with Gasteiger partial charge in [-0.2, -0.15) is 0 Å². The maximum Gasteiger partial charge on any atom is 0.427 e. The zero-order chi connectivity index (χ0) is 29.1. The minimum atomic E-state index is -0.751. The van der Waals surface area contributed by atoms with E-state index >= 15 is 0 Å². The van der Waals surface area contributed by atoms with Gasteiger partial charge in [-0.05, 0) is 77.9 Å². The summed E-state index contributed by atoms with van der Waals surface area (Å²) in [4.78, 5) is 43.2. The van der Waals surface area contributed by atoms with Gasteiger partial charge in [-0.25, -0.2) is 20.0 Å². The molecule has 40 heavy (non-hydrogen) atoms. The number of ether oxygens (including phenoxy) is 2. The summed E-state index contributed by atoms with van der Waals surface area (Å²) in [7, 11) is 0. The maximum atomic E-state index is 13.8. The molecule has 0 unspecified atom stereocenters. The van der Waals surface area contributed by atoms with E-state index in [-0.39, 0.29) is 6.09 Å². The van der Waals surface area contributed by atoms with Crippen molar-refractivity contribution in [3.8, 4) is 11.3 Å². The van der Waals surface area contributed by atoms with Gasteiger partial charge in [-0.1, -0.05) is 12.1 Å². The van der Waals surface area contributed by atoms with E-state index in [4.69, 9.17) is 13.9 Å². The second-order valence-corrected chi connectivity index (χ2v) is 12.4. The van der Waals surface area contributed by atoms with E-state index in [0.717, 1.165) is 10.6 Å². The number of rotatable bonds is 4. The smallest absolute Gasteiger partial charge is 0.427 e. The third kappa shape index (κ3) is 7.56. The van der Waals surface area contributed by atoms with Crippen molar-refractivity contribution >= 4 is 40.1 Å². The summed E-state index contributed by atoms with van der Waals surface area (Å²) in [6.45, 7) is 13.1. The van der Waals surface area contributed by atoms with Crippen LogP contribution in [0.4, 0.5) is 20.3 Å². The number of anilines is 2. The Bertz CT molecular complexity index is 1330. The van der Waals surface area contributed by atoms with E-state index in [2.05, 4.69) is 10.3 Å². The predicted octanol–water partition coefficient (Wildman–Crippen LogP) is 6.15. The van der Waals surface area contributed by atoms with Crippen LogP contribution in [0.1, 0.15) is 51.2 Å². The Morgan fingerprint density at radius 1 is 0.900 bits per heavy atom. The molecular formula is C29H36N4O6S. The van der Waals surface area contributed by atoms with Crippen LogP contribution in [0.15, 0.2) is 59.2 Å².